The maximum Gasteiger partial charge on any atom is 0.306 e. The maximum absolute atomic E-state index is 11.0. The summed E-state index contributed by atoms with van der Waals surface area (Å²) in [5.41, 5.74) is 0. The van der Waals surface area contributed by atoms with Crippen LogP contribution in [0.1, 0.15) is 46.5 Å². The van der Waals surface area contributed by atoms with E-state index in [2.05, 4.69) is 19.1 Å². The zero-order valence-electron chi connectivity index (χ0n) is 8.88. The molecule has 0 heterocycles. The highest BCUT2D eigenvalue weighted by Crippen LogP contribution is 2.02. The van der Waals surface area contributed by atoms with Gasteiger partial charge in [0.05, 0.1) is 0 Å². The fraction of sp³-hybridized carbons (Fsp3) is 0.727. The van der Waals surface area contributed by atoms with E-state index in [1.54, 1.807) is 0 Å². The molecule has 0 spiro atoms. The van der Waals surface area contributed by atoms with Gasteiger partial charge >= 0.3 is 5.97 Å². The first-order valence-corrected chi connectivity index (χ1v) is 5.05. The predicted molar refractivity (Wildman–Crippen MR) is 54.5 cm³/mol. The van der Waals surface area contributed by atoms with Crippen molar-refractivity contribution in [3.05, 3.63) is 12.2 Å². The Hall–Kier alpha value is -0.790. The third kappa shape index (κ3) is 7.57. The van der Waals surface area contributed by atoms with Gasteiger partial charge in [-0.15, -0.1) is 0 Å². The molecule has 0 saturated carbocycles. The molecule has 0 fully saturated rings. The molecule has 0 amide bonds. The topological polar surface area (TPSA) is 26.3 Å². The van der Waals surface area contributed by atoms with E-state index in [4.69, 9.17) is 4.74 Å². The lowest BCUT2D eigenvalue weighted by Crippen LogP contribution is -2.13. The molecule has 2 heteroatoms. The van der Waals surface area contributed by atoms with Crippen LogP contribution in [0.15, 0.2) is 12.2 Å². The first-order valence-electron chi connectivity index (χ1n) is 5.05. The third-order valence-corrected chi connectivity index (χ3v) is 1.66. The molecule has 0 rings (SSSR count). The predicted octanol–water partition coefficient (Wildman–Crippen LogP) is 3.07. The van der Waals surface area contributed by atoms with Crippen LogP contribution in [0.3, 0.4) is 0 Å². The van der Waals surface area contributed by atoms with Crippen LogP contribution in [0.25, 0.3) is 0 Å². The lowest BCUT2D eigenvalue weighted by molar-refractivity contribution is -0.148. The average Bonchev–Trinajstić information content (AvgIpc) is 2.05. The summed E-state index contributed by atoms with van der Waals surface area (Å²) in [6.45, 7) is 5.99. The Labute approximate surface area is 81.0 Å². The minimum Gasteiger partial charge on any atom is -0.462 e. The van der Waals surface area contributed by atoms with Crippen LogP contribution in [-0.4, -0.2) is 12.1 Å². The molecule has 0 aromatic heterocycles. The van der Waals surface area contributed by atoms with Gasteiger partial charge in [0, 0.05) is 12.8 Å². The van der Waals surface area contributed by atoms with Crippen molar-refractivity contribution < 1.29 is 9.53 Å². The SMILES string of the molecule is CCC=CCC(C)OC(=O)CCC. The normalized spacial score (nSPS) is 13.2. The molecule has 0 aliphatic carbocycles. The highest BCUT2D eigenvalue weighted by Gasteiger charge is 2.05. The van der Waals surface area contributed by atoms with Crippen LogP contribution in [0.5, 0.6) is 0 Å². The van der Waals surface area contributed by atoms with Crippen LogP contribution in [-0.2, 0) is 9.53 Å². The molecule has 2 nitrogen and oxygen atoms in total. The van der Waals surface area contributed by atoms with Crippen molar-refractivity contribution in [2.45, 2.75) is 52.6 Å². The zero-order valence-corrected chi connectivity index (χ0v) is 8.88. The Morgan fingerprint density at radius 3 is 2.62 bits per heavy atom. The summed E-state index contributed by atoms with van der Waals surface area (Å²) in [4.78, 5) is 11.0. The molecule has 0 aromatic carbocycles. The summed E-state index contributed by atoms with van der Waals surface area (Å²) >= 11 is 0. The fourth-order valence-electron chi connectivity index (χ4n) is 0.990. The summed E-state index contributed by atoms with van der Waals surface area (Å²) in [5, 5.41) is 0. The summed E-state index contributed by atoms with van der Waals surface area (Å²) in [6, 6.07) is 0. The number of hydrogen-bond acceptors (Lipinski definition) is 2. The first kappa shape index (κ1) is 12.2. The maximum atomic E-state index is 11.0. The van der Waals surface area contributed by atoms with Crippen molar-refractivity contribution in [2.24, 2.45) is 0 Å². The first-order chi connectivity index (χ1) is 6.20. The standard InChI is InChI=1S/C11H20O2/c1-4-6-7-9-10(3)13-11(12)8-5-2/h6-7,10H,4-5,8-9H2,1-3H3. The van der Waals surface area contributed by atoms with E-state index in [0.29, 0.717) is 6.42 Å². The molecule has 0 aromatic rings. The zero-order chi connectivity index (χ0) is 10.1. The van der Waals surface area contributed by atoms with Gasteiger partial charge in [0.25, 0.3) is 0 Å². The summed E-state index contributed by atoms with van der Waals surface area (Å²) < 4.78 is 5.15. The second kappa shape index (κ2) is 7.84. The van der Waals surface area contributed by atoms with E-state index >= 15 is 0 Å². The summed E-state index contributed by atoms with van der Waals surface area (Å²) in [7, 11) is 0. The lowest BCUT2D eigenvalue weighted by Gasteiger charge is -2.10. The van der Waals surface area contributed by atoms with Crippen molar-refractivity contribution in [3.8, 4) is 0 Å². The highest BCUT2D eigenvalue weighted by molar-refractivity contribution is 5.69. The Morgan fingerprint density at radius 1 is 1.38 bits per heavy atom. The molecular formula is C11H20O2. The minimum absolute atomic E-state index is 0.0156. The molecular weight excluding hydrogens is 164 g/mol. The molecule has 0 bridgehead atoms. The van der Waals surface area contributed by atoms with Gasteiger partial charge in [-0.1, -0.05) is 26.0 Å². The van der Waals surface area contributed by atoms with E-state index in [1.165, 1.54) is 0 Å². The number of rotatable bonds is 6. The van der Waals surface area contributed by atoms with Crippen molar-refractivity contribution in [1.82, 2.24) is 0 Å². The van der Waals surface area contributed by atoms with E-state index in [-0.39, 0.29) is 12.1 Å². The smallest absolute Gasteiger partial charge is 0.306 e. The monoisotopic (exact) mass is 184 g/mol. The third-order valence-electron chi connectivity index (χ3n) is 1.66. The Bertz CT molecular complexity index is 161. The quantitative estimate of drug-likeness (QED) is 0.468. The van der Waals surface area contributed by atoms with Gasteiger partial charge in [0.2, 0.25) is 0 Å². The van der Waals surface area contributed by atoms with Gasteiger partial charge in [-0.2, -0.15) is 0 Å². The Morgan fingerprint density at radius 2 is 2.08 bits per heavy atom. The van der Waals surface area contributed by atoms with Gasteiger partial charge in [0.1, 0.15) is 6.10 Å². The molecule has 76 valence electrons. The molecule has 1 atom stereocenters. The van der Waals surface area contributed by atoms with E-state index in [0.717, 1.165) is 19.3 Å². The number of carbonyl (C=O) groups is 1. The minimum atomic E-state index is -0.0834. The molecule has 0 radical (unpaired) electrons. The van der Waals surface area contributed by atoms with E-state index in [9.17, 15) is 4.79 Å². The van der Waals surface area contributed by atoms with Crippen molar-refractivity contribution in [3.63, 3.8) is 0 Å². The van der Waals surface area contributed by atoms with Crippen molar-refractivity contribution >= 4 is 5.97 Å². The van der Waals surface area contributed by atoms with Crippen LogP contribution in [0, 0.1) is 0 Å². The van der Waals surface area contributed by atoms with Crippen LogP contribution >= 0.6 is 0 Å². The summed E-state index contributed by atoms with van der Waals surface area (Å²) in [5.74, 6) is -0.0834. The second-order valence-electron chi connectivity index (χ2n) is 3.17. The lowest BCUT2D eigenvalue weighted by atomic mass is 10.2. The van der Waals surface area contributed by atoms with Gasteiger partial charge in [-0.3, -0.25) is 4.79 Å². The molecule has 0 aliphatic heterocycles. The van der Waals surface area contributed by atoms with Crippen LogP contribution in [0.4, 0.5) is 0 Å². The molecule has 0 N–H and O–H groups in total. The van der Waals surface area contributed by atoms with Gasteiger partial charge in [0.15, 0.2) is 0 Å². The number of carbonyl (C=O) groups excluding carboxylic acids is 1. The van der Waals surface area contributed by atoms with Gasteiger partial charge < -0.3 is 4.74 Å². The van der Waals surface area contributed by atoms with Gasteiger partial charge in [-0.25, -0.2) is 0 Å². The Kier molecular flexibility index (Phi) is 7.36. The van der Waals surface area contributed by atoms with Crippen LogP contribution < -0.4 is 0 Å². The average molecular weight is 184 g/mol. The van der Waals surface area contributed by atoms with E-state index in [1.807, 2.05) is 13.8 Å². The van der Waals surface area contributed by atoms with Crippen molar-refractivity contribution in [2.75, 3.05) is 0 Å². The Balaban J connectivity index is 3.55. The number of esters is 1. The summed E-state index contributed by atoms with van der Waals surface area (Å²) in [6.07, 6.45) is 7.41. The molecule has 1 unspecified atom stereocenters. The van der Waals surface area contributed by atoms with Crippen molar-refractivity contribution in [1.29, 1.82) is 0 Å². The largest absolute Gasteiger partial charge is 0.462 e. The fourth-order valence-corrected chi connectivity index (χ4v) is 0.990. The molecule has 0 saturated heterocycles. The molecule has 0 aliphatic rings. The molecule has 13 heavy (non-hydrogen) atoms. The number of hydrogen-bond donors (Lipinski definition) is 0. The van der Waals surface area contributed by atoms with E-state index < -0.39 is 0 Å². The number of ether oxygens (including phenoxy) is 1. The highest BCUT2D eigenvalue weighted by atomic mass is 16.5. The van der Waals surface area contributed by atoms with Crippen LogP contribution in [0.2, 0.25) is 0 Å². The second-order valence-corrected chi connectivity index (χ2v) is 3.17. The number of allylic oxidation sites excluding steroid dienone is 1. The van der Waals surface area contributed by atoms with Gasteiger partial charge in [-0.05, 0) is 19.8 Å².